The Kier molecular flexibility index (Phi) is 4.77. The number of thioether (sulfide) groups is 1. The fourth-order valence-electron chi connectivity index (χ4n) is 1.53. The average molecular weight is 290 g/mol. The van der Waals surface area contributed by atoms with Crippen LogP contribution < -0.4 is 5.32 Å². The Morgan fingerprint density at radius 2 is 2.11 bits per heavy atom. The highest BCUT2D eigenvalue weighted by molar-refractivity contribution is 8.01. The van der Waals surface area contributed by atoms with Crippen molar-refractivity contribution in [3.63, 3.8) is 0 Å². The van der Waals surface area contributed by atoms with Crippen LogP contribution in [0.25, 0.3) is 0 Å². The highest BCUT2D eigenvalue weighted by atomic mass is 32.2. The second-order valence-electron chi connectivity index (χ2n) is 4.05. The lowest BCUT2D eigenvalue weighted by atomic mass is 10.1. The summed E-state index contributed by atoms with van der Waals surface area (Å²) >= 11 is 2.94. The fraction of sp³-hybridized carbons (Fsp3) is 0.308. The van der Waals surface area contributed by atoms with Crippen molar-refractivity contribution >= 4 is 28.2 Å². The number of benzene rings is 1. The number of aromatic nitrogens is 2. The summed E-state index contributed by atoms with van der Waals surface area (Å²) < 4.78 is 0.822. The molecule has 1 atom stereocenters. The van der Waals surface area contributed by atoms with E-state index in [0.29, 0.717) is 0 Å². The van der Waals surface area contributed by atoms with Crippen molar-refractivity contribution in [3.05, 3.63) is 35.4 Å². The van der Waals surface area contributed by atoms with Gasteiger partial charge in [-0.3, -0.25) is 0 Å². The van der Waals surface area contributed by atoms with E-state index >= 15 is 0 Å². The lowest BCUT2D eigenvalue weighted by Gasteiger charge is -2.06. The van der Waals surface area contributed by atoms with E-state index in [-0.39, 0.29) is 5.25 Å². The zero-order valence-electron chi connectivity index (χ0n) is 10.8. The van der Waals surface area contributed by atoms with E-state index in [1.165, 1.54) is 34.2 Å². The van der Waals surface area contributed by atoms with Crippen LogP contribution in [0.2, 0.25) is 0 Å². The SMILES string of the molecule is CNc1nnc(S[C@@H](C#N)Cc2ccc(C)cc2)s1. The quantitative estimate of drug-likeness (QED) is 0.857. The molecule has 98 valence electrons. The molecule has 4 nitrogen and oxygen atoms in total. The second-order valence-corrected chi connectivity index (χ2v) is 6.48. The van der Waals surface area contributed by atoms with E-state index in [0.717, 1.165) is 15.9 Å². The van der Waals surface area contributed by atoms with E-state index in [9.17, 15) is 5.26 Å². The summed E-state index contributed by atoms with van der Waals surface area (Å²) in [5.74, 6) is 0. The van der Waals surface area contributed by atoms with Crippen molar-refractivity contribution in [2.45, 2.75) is 22.9 Å². The molecule has 0 radical (unpaired) electrons. The van der Waals surface area contributed by atoms with Gasteiger partial charge in [-0.05, 0) is 18.9 Å². The Hall–Kier alpha value is -1.58. The van der Waals surface area contributed by atoms with Gasteiger partial charge in [0.05, 0.1) is 6.07 Å². The Balaban J connectivity index is 2.00. The van der Waals surface area contributed by atoms with Gasteiger partial charge in [-0.15, -0.1) is 10.2 Å². The van der Waals surface area contributed by atoms with Crippen molar-refractivity contribution in [1.82, 2.24) is 10.2 Å². The summed E-state index contributed by atoms with van der Waals surface area (Å²) in [4.78, 5) is 0. The minimum atomic E-state index is -0.139. The summed E-state index contributed by atoms with van der Waals surface area (Å²) in [5.41, 5.74) is 2.40. The van der Waals surface area contributed by atoms with Gasteiger partial charge in [-0.2, -0.15) is 5.26 Å². The van der Waals surface area contributed by atoms with Crippen molar-refractivity contribution in [1.29, 1.82) is 5.26 Å². The molecule has 6 heteroatoms. The Morgan fingerprint density at radius 3 is 2.68 bits per heavy atom. The Labute approximate surface area is 120 Å². The zero-order chi connectivity index (χ0) is 13.7. The molecule has 19 heavy (non-hydrogen) atoms. The number of anilines is 1. The lowest BCUT2D eigenvalue weighted by molar-refractivity contribution is 0.989. The first-order chi connectivity index (χ1) is 9.21. The third-order valence-electron chi connectivity index (χ3n) is 2.55. The number of nitrogens with zero attached hydrogens (tertiary/aromatic N) is 3. The largest absolute Gasteiger partial charge is 0.363 e. The maximum atomic E-state index is 9.24. The van der Waals surface area contributed by atoms with Crippen LogP contribution >= 0.6 is 23.1 Å². The zero-order valence-corrected chi connectivity index (χ0v) is 12.4. The van der Waals surface area contributed by atoms with Gasteiger partial charge in [0.25, 0.3) is 0 Å². The molecule has 2 aromatic rings. The van der Waals surface area contributed by atoms with E-state index in [1.807, 2.05) is 7.05 Å². The standard InChI is InChI=1S/C13H14N4S2/c1-9-3-5-10(6-4-9)7-11(8-14)18-13-17-16-12(15-2)19-13/h3-6,11H,7H2,1-2H3,(H,15,16)/t11-/m1/s1. The minimum Gasteiger partial charge on any atom is -0.363 e. The molecular weight excluding hydrogens is 276 g/mol. The molecule has 0 bridgehead atoms. The monoisotopic (exact) mass is 290 g/mol. The first-order valence-corrected chi connectivity index (χ1v) is 7.54. The van der Waals surface area contributed by atoms with Crippen molar-refractivity contribution < 1.29 is 0 Å². The molecule has 1 aromatic carbocycles. The van der Waals surface area contributed by atoms with Crippen LogP contribution in [0.4, 0.5) is 5.13 Å². The van der Waals surface area contributed by atoms with Crippen LogP contribution in [-0.4, -0.2) is 22.5 Å². The molecule has 0 saturated heterocycles. The molecule has 0 spiro atoms. The van der Waals surface area contributed by atoms with Crippen molar-refractivity contribution in [2.75, 3.05) is 12.4 Å². The van der Waals surface area contributed by atoms with Crippen molar-refractivity contribution in [3.8, 4) is 6.07 Å². The molecule has 0 aliphatic rings. The molecule has 0 aliphatic heterocycles. The summed E-state index contributed by atoms with van der Waals surface area (Å²) in [6.45, 7) is 2.06. The number of aryl methyl sites for hydroxylation is 1. The first kappa shape index (κ1) is 13.8. The van der Waals surface area contributed by atoms with E-state index in [2.05, 4.69) is 52.8 Å². The van der Waals surface area contributed by atoms with Crippen LogP contribution in [0.5, 0.6) is 0 Å². The summed E-state index contributed by atoms with van der Waals surface area (Å²) in [6, 6.07) is 10.6. The number of nitrogens with one attached hydrogen (secondary N) is 1. The van der Waals surface area contributed by atoms with Gasteiger partial charge >= 0.3 is 0 Å². The molecule has 1 N–H and O–H groups in total. The van der Waals surface area contributed by atoms with Gasteiger partial charge < -0.3 is 5.32 Å². The van der Waals surface area contributed by atoms with Gasteiger partial charge in [0, 0.05) is 7.05 Å². The van der Waals surface area contributed by atoms with Crippen molar-refractivity contribution in [2.24, 2.45) is 0 Å². The summed E-state index contributed by atoms with van der Waals surface area (Å²) in [5, 5.41) is 20.8. The van der Waals surface area contributed by atoms with E-state index in [4.69, 9.17) is 0 Å². The van der Waals surface area contributed by atoms with Gasteiger partial charge in [0.2, 0.25) is 5.13 Å². The highest BCUT2D eigenvalue weighted by Crippen LogP contribution is 2.30. The molecule has 0 fully saturated rings. The Bertz CT molecular complexity index is 571. The molecular formula is C13H14N4S2. The molecule has 0 saturated carbocycles. The van der Waals surface area contributed by atoms with E-state index < -0.39 is 0 Å². The molecule has 1 aromatic heterocycles. The summed E-state index contributed by atoms with van der Waals surface area (Å²) in [7, 11) is 1.81. The van der Waals surface area contributed by atoms with Gasteiger partial charge in [-0.1, -0.05) is 52.9 Å². The fourth-order valence-corrected chi connectivity index (χ4v) is 3.40. The van der Waals surface area contributed by atoms with Crippen LogP contribution in [0.3, 0.4) is 0 Å². The predicted octanol–water partition coefficient (Wildman–Crippen LogP) is 3.12. The van der Waals surface area contributed by atoms with Gasteiger partial charge in [0.1, 0.15) is 5.25 Å². The average Bonchev–Trinajstić information content (AvgIpc) is 2.88. The first-order valence-electron chi connectivity index (χ1n) is 5.84. The second kappa shape index (κ2) is 6.55. The number of nitriles is 1. The predicted molar refractivity (Wildman–Crippen MR) is 79.6 cm³/mol. The highest BCUT2D eigenvalue weighted by Gasteiger charge is 2.14. The topological polar surface area (TPSA) is 61.6 Å². The van der Waals surface area contributed by atoms with Crippen LogP contribution in [0.15, 0.2) is 28.6 Å². The van der Waals surface area contributed by atoms with Gasteiger partial charge in [-0.25, -0.2) is 0 Å². The van der Waals surface area contributed by atoms with Crippen LogP contribution in [-0.2, 0) is 6.42 Å². The Morgan fingerprint density at radius 1 is 1.37 bits per heavy atom. The van der Waals surface area contributed by atoms with Crippen LogP contribution in [0.1, 0.15) is 11.1 Å². The third-order valence-corrected chi connectivity index (χ3v) is 4.66. The van der Waals surface area contributed by atoms with Crippen LogP contribution in [0, 0.1) is 18.3 Å². The minimum absolute atomic E-state index is 0.139. The molecule has 2 rings (SSSR count). The molecule has 0 amide bonds. The number of hydrogen-bond donors (Lipinski definition) is 1. The van der Waals surface area contributed by atoms with E-state index in [1.54, 1.807) is 0 Å². The maximum absolute atomic E-state index is 9.24. The molecule has 0 aliphatic carbocycles. The normalized spacial score (nSPS) is 11.8. The lowest BCUT2D eigenvalue weighted by Crippen LogP contribution is -2.03. The summed E-state index contributed by atoms with van der Waals surface area (Å²) in [6.07, 6.45) is 0.718. The smallest absolute Gasteiger partial charge is 0.206 e. The maximum Gasteiger partial charge on any atom is 0.206 e. The van der Waals surface area contributed by atoms with Gasteiger partial charge in [0.15, 0.2) is 4.34 Å². The molecule has 0 unspecified atom stereocenters. The third kappa shape index (κ3) is 3.94. The number of hydrogen-bond acceptors (Lipinski definition) is 6. The molecule has 1 heterocycles. The number of rotatable bonds is 5.